The lowest BCUT2D eigenvalue weighted by atomic mass is 10.3. The fraction of sp³-hybridized carbons (Fsp3) is 0.143. The Hall–Kier alpha value is -1.34. The topological polar surface area (TPSA) is 86.5 Å². The third-order valence-corrected chi connectivity index (χ3v) is 2.16. The average Bonchev–Trinajstić information content (AvgIpc) is 1.99. The quantitative estimate of drug-likeness (QED) is 0.462. The first kappa shape index (κ1) is 11.7. The Bertz CT molecular complexity index is 498. The Labute approximate surface area is 90.7 Å². The van der Waals surface area contributed by atoms with Gasteiger partial charge in [0, 0.05) is 12.1 Å². The highest BCUT2D eigenvalue weighted by Gasteiger charge is 2.14. The Balaban J connectivity index is 3.07. The number of benzene rings is 1. The number of hydrogen-bond acceptors (Lipinski definition) is 5. The van der Waals surface area contributed by atoms with Crippen LogP contribution < -0.4 is 4.18 Å². The monoisotopic (exact) mass is 251 g/mol. The first-order chi connectivity index (χ1) is 6.79. The molecule has 6 nitrogen and oxygen atoms in total. The Kier molecular flexibility index (Phi) is 3.15. The molecule has 0 amide bonds. The highest BCUT2D eigenvalue weighted by atomic mass is 35.5. The highest BCUT2D eigenvalue weighted by molar-refractivity contribution is 7.86. The number of hydrogen-bond donors (Lipinski definition) is 0. The summed E-state index contributed by atoms with van der Waals surface area (Å²) < 4.78 is 25.9. The van der Waals surface area contributed by atoms with Crippen LogP contribution in [0.15, 0.2) is 18.2 Å². The molecular formula is C7H6ClNO5S. The van der Waals surface area contributed by atoms with Gasteiger partial charge in [0.05, 0.1) is 11.2 Å². The van der Waals surface area contributed by atoms with Gasteiger partial charge in [0.25, 0.3) is 5.69 Å². The van der Waals surface area contributed by atoms with Crippen LogP contribution in [0.4, 0.5) is 5.69 Å². The summed E-state index contributed by atoms with van der Waals surface area (Å²) in [5, 5.41) is 10.2. The molecule has 8 heteroatoms. The van der Waals surface area contributed by atoms with Crippen molar-refractivity contribution >= 4 is 27.4 Å². The molecule has 1 aromatic rings. The van der Waals surface area contributed by atoms with Crippen molar-refractivity contribution in [2.75, 3.05) is 6.26 Å². The van der Waals surface area contributed by atoms with E-state index in [1.54, 1.807) is 0 Å². The van der Waals surface area contributed by atoms with Gasteiger partial charge in [-0.15, -0.1) is 0 Å². The number of nitro benzene ring substituents is 1. The molecule has 0 bridgehead atoms. The SMILES string of the molecule is CS(=O)(=O)Oc1ccc([N+](=O)[O-])c(Cl)c1. The van der Waals surface area contributed by atoms with Gasteiger partial charge in [-0.3, -0.25) is 10.1 Å². The van der Waals surface area contributed by atoms with Crippen molar-refractivity contribution in [3.05, 3.63) is 33.3 Å². The lowest BCUT2D eigenvalue weighted by Crippen LogP contribution is -2.05. The molecule has 0 radical (unpaired) electrons. The van der Waals surface area contributed by atoms with E-state index in [9.17, 15) is 18.5 Å². The highest BCUT2D eigenvalue weighted by Crippen LogP contribution is 2.28. The zero-order valence-electron chi connectivity index (χ0n) is 7.51. The van der Waals surface area contributed by atoms with Crippen molar-refractivity contribution in [2.45, 2.75) is 0 Å². The lowest BCUT2D eigenvalue weighted by molar-refractivity contribution is -0.384. The number of nitrogens with zero attached hydrogens (tertiary/aromatic N) is 1. The van der Waals surface area contributed by atoms with Gasteiger partial charge in [-0.2, -0.15) is 8.42 Å². The maximum absolute atomic E-state index is 10.7. The number of halogens is 1. The summed E-state index contributed by atoms with van der Waals surface area (Å²) in [6.45, 7) is 0. The van der Waals surface area contributed by atoms with Gasteiger partial charge in [-0.1, -0.05) is 11.6 Å². The van der Waals surface area contributed by atoms with Crippen LogP contribution >= 0.6 is 11.6 Å². The van der Waals surface area contributed by atoms with Crippen LogP contribution in [0.1, 0.15) is 0 Å². The minimum absolute atomic E-state index is 0.0619. The Morgan fingerprint density at radius 1 is 1.47 bits per heavy atom. The van der Waals surface area contributed by atoms with E-state index in [2.05, 4.69) is 4.18 Å². The molecule has 1 aromatic carbocycles. The minimum atomic E-state index is -3.66. The molecule has 0 aliphatic heterocycles. The second-order valence-corrected chi connectivity index (χ2v) is 4.64. The molecule has 0 N–H and O–H groups in total. The first-order valence-corrected chi connectivity index (χ1v) is 5.82. The maximum atomic E-state index is 10.7. The van der Waals surface area contributed by atoms with Crippen molar-refractivity contribution < 1.29 is 17.5 Å². The van der Waals surface area contributed by atoms with Crippen LogP contribution in [-0.4, -0.2) is 19.6 Å². The van der Waals surface area contributed by atoms with E-state index in [0.717, 1.165) is 24.5 Å². The van der Waals surface area contributed by atoms with Crippen molar-refractivity contribution in [1.82, 2.24) is 0 Å². The molecule has 0 heterocycles. The van der Waals surface area contributed by atoms with Gasteiger partial charge < -0.3 is 4.18 Å². The molecule has 0 spiro atoms. The van der Waals surface area contributed by atoms with Crippen LogP contribution in [-0.2, 0) is 10.1 Å². The fourth-order valence-corrected chi connectivity index (χ4v) is 1.56. The van der Waals surface area contributed by atoms with Crippen LogP contribution in [0, 0.1) is 10.1 Å². The van der Waals surface area contributed by atoms with Gasteiger partial charge in [0.1, 0.15) is 10.8 Å². The molecule has 1 rings (SSSR count). The molecule has 0 saturated carbocycles. The third-order valence-electron chi connectivity index (χ3n) is 1.36. The molecule has 15 heavy (non-hydrogen) atoms. The average molecular weight is 252 g/mol. The molecule has 0 aliphatic carbocycles. The van der Waals surface area contributed by atoms with E-state index in [-0.39, 0.29) is 16.5 Å². The molecule has 0 atom stereocenters. The van der Waals surface area contributed by atoms with E-state index in [4.69, 9.17) is 11.6 Å². The zero-order valence-corrected chi connectivity index (χ0v) is 9.08. The second kappa shape index (κ2) is 4.03. The van der Waals surface area contributed by atoms with Gasteiger partial charge in [0.2, 0.25) is 0 Å². The largest absolute Gasteiger partial charge is 0.383 e. The summed E-state index contributed by atoms with van der Waals surface area (Å²) >= 11 is 5.54. The molecule has 0 aromatic heterocycles. The smallest absolute Gasteiger partial charge is 0.306 e. The minimum Gasteiger partial charge on any atom is -0.383 e. The van der Waals surface area contributed by atoms with Crippen molar-refractivity contribution in [2.24, 2.45) is 0 Å². The molecule has 0 unspecified atom stereocenters. The van der Waals surface area contributed by atoms with Crippen LogP contribution in [0.25, 0.3) is 0 Å². The van der Waals surface area contributed by atoms with Crippen molar-refractivity contribution in [1.29, 1.82) is 0 Å². The van der Waals surface area contributed by atoms with Gasteiger partial charge in [0.15, 0.2) is 0 Å². The third kappa shape index (κ3) is 3.37. The zero-order chi connectivity index (χ0) is 11.6. The standard InChI is InChI=1S/C7H6ClNO5S/c1-15(12,13)14-5-2-3-7(9(10)11)6(8)4-5/h2-4H,1H3. The van der Waals surface area contributed by atoms with E-state index in [1.165, 1.54) is 0 Å². The Morgan fingerprint density at radius 2 is 2.07 bits per heavy atom. The van der Waals surface area contributed by atoms with Crippen molar-refractivity contribution in [3.8, 4) is 5.75 Å². The number of nitro groups is 1. The second-order valence-electron chi connectivity index (χ2n) is 2.66. The number of rotatable bonds is 3. The van der Waals surface area contributed by atoms with E-state index in [1.807, 2.05) is 0 Å². The normalized spacial score (nSPS) is 11.1. The fourth-order valence-electron chi connectivity index (χ4n) is 0.862. The molecular weight excluding hydrogens is 246 g/mol. The molecule has 82 valence electrons. The molecule has 0 fully saturated rings. The van der Waals surface area contributed by atoms with E-state index < -0.39 is 15.0 Å². The summed E-state index contributed by atoms with van der Waals surface area (Å²) in [4.78, 5) is 9.71. The van der Waals surface area contributed by atoms with Crippen molar-refractivity contribution in [3.63, 3.8) is 0 Å². The predicted molar refractivity (Wildman–Crippen MR) is 53.6 cm³/mol. The van der Waals surface area contributed by atoms with Crippen LogP contribution in [0.3, 0.4) is 0 Å². The van der Waals surface area contributed by atoms with E-state index in [0.29, 0.717) is 0 Å². The summed E-state index contributed by atoms with van der Waals surface area (Å²) in [7, 11) is -3.66. The molecule has 0 aliphatic rings. The Morgan fingerprint density at radius 3 is 2.47 bits per heavy atom. The van der Waals surface area contributed by atoms with Crippen LogP contribution in [0.5, 0.6) is 5.75 Å². The predicted octanol–water partition coefficient (Wildman–Crippen LogP) is 1.59. The first-order valence-electron chi connectivity index (χ1n) is 3.63. The summed E-state index contributed by atoms with van der Waals surface area (Å²) in [5.74, 6) is -0.0619. The van der Waals surface area contributed by atoms with Gasteiger partial charge in [-0.25, -0.2) is 0 Å². The summed E-state index contributed by atoms with van der Waals surface area (Å²) in [6, 6.07) is 3.30. The summed E-state index contributed by atoms with van der Waals surface area (Å²) in [5.41, 5.74) is -0.308. The van der Waals surface area contributed by atoms with Gasteiger partial charge >= 0.3 is 10.1 Å². The lowest BCUT2D eigenvalue weighted by Gasteiger charge is -2.02. The molecule has 0 saturated heterocycles. The van der Waals surface area contributed by atoms with Gasteiger partial charge in [-0.05, 0) is 6.07 Å². The summed E-state index contributed by atoms with van der Waals surface area (Å²) in [6.07, 6.45) is 0.863. The maximum Gasteiger partial charge on any atom is 0.306 e. The van der Waals surface area contributed by atoms with Crippen LogP contribution in [0.2, 0.25) is 5.02 Å². The van der Waals surface area contributed by atoms with E-state index >= 15 is 0 Å².